The van der Waals surface area contributed by atoms with Crippen molar-refractivity contribution >= 4 is 5.91 Å². The summed E-state index contributed by atoms with van der Waals surface area (Å²) in [4.78, 5) is 13.9. The molecule has 0 saturated heterocycles. The van der Waals surface area contributed by atoms with E-state index in [4.69, 9.17) is 4.74 Å². The Morgan fingerprint density at radius 1 is 1.00 bits per heavy atom. The first-order valence-corrected chi connectivity index (χ1v) is 7.60. The molecule has 0 aliphatic rings. The quantitative estimate of drug-likeness (QED) is 0.780. The van der Waals surface area contributed by atoms with Gasteiger partial charge in [-0.2, -0.15) is 0 Å². The number of benzene rings is 2. The van der Waals surface area contributed by atoms with Crippen molar-refractivity contribution < 1.29 is 9.53 Å². The first-order valence-electron chi connectivity index (χ1n) is 7.60. The summed E-state index contributed by atoms with van der Waals surface area (Å²) in [7, 11) is 3.53. The molecule has 0 unspecified atom stereocenters. The van der Waals surface area contributed by atoms with Crippen LogP contribution in [-0.2, 0) is 17.8 Å². The Kier molecular flexibility index (Phi) is 6.01. The SMILES string of the molecule is COc1ccc(CCCC(=O)N(C)Cc2ccccc2)cc1. The van der Waals surface area contributed by atoms with Crippen molar-refractivity contribution in [3.63, 3.8) is 0 Å². The van der Waals surface area contributed by atoms with E-state index in [1.807, 2.05) is 49.5 Å². The topological polar surface area (TPSA) is 29.5 Å². The Morgan fingerprint density at radius 3 is 2.32 bits per heavy atom. The zero-order valence-electron chi connectivity index (χ0n) is 13.3. The molecule has 2 aromatic rings. The number of hydrogen-bond acceptors (Lipinski definition) is 2. The van der Waals surface area contributed by atoms with Crippen molar-refractivity contribution in [2.45, 2.75) is 25.8 Å². The van der Waals surface area contributed by atoms with Gasteiger partial charge in [0.15, 0.2) is 0 Å². The summed E-state index contributed by atoms with van der Waals surface area (Å²) in [6, 6.07) is 18.1. The van der Waals surface area contributed by atoms with E-state index in [2.05, 4.69) is 12.1 Å². The molecule has 3 nitrogen and oxygen atoms in total. The molecule has 0 aromatic heterocycles. The molecule has 0 bridgehead atoms. The van der Waals surface area contributed by atoms with E-state index in [9.17, 15) is 4.79 Å². The van der Waals surface area contributed by atoms with Gasteiger partial charge in [0.05, 0.1) is 7.11 Å². The highest BCUT2D eigenvalue weighted by molar-refractivity contribution is 5.75. The lowest BCUT2D eigenvalue weighted by Gasteiger charge is -2.17. The van der Waals surface area contributed by atoms with Gasteiger partial charge in [-0.3, -0.25) is 4.79 Å². The third-order valence-electron chi connectivity index (χ3n) is 3.70. The number of carbonyl (C=O) groups excluding carboxylic acids is 1. The average molecular weight is 297 g/mol. The molecule has 0 atom stereocenters. The van der Waals surface area contributed by atoms with Gasteiger partial charge in [-0.1, -0.05) is 42.5 Å². The van der Waals surface area contributed by atoms with Gasteiger partial charge >= 0.3 is 0 Å². The minimum absolute atomic E-state index is 0.192. The maximum Gasteiger partial charge on any atom is 0.222 e. The first-order chi connectivity index (χ1) is 10.7. The molecule has 0 spiro atoms. The number of amides is 1. The van der Waals surface area contributed by atoms with E-state index in [-0.39, 0.29) is 5.91 Å². The zero-order valence-corrected chi connectivity index (χ0v) is 13.3. The predicted octanol–water partition coefficient (Wildman–Crippen LogP) is 3.68. The van der Waals surface area contributed by atoms with Gasteiger partial charge in [0, 0.05) is 20.0 Å². The van der Waals surface area contributed by atoms with E-state index in [0.717, 1.165) is 24.2 Å². The molecule has 0 aliphatic heterocycles. The monoisotopic (exact) mass is 297 g/mol. The molecule has 0 aliphatic carbocycles. The number of nitrogens with zero attached hydrogens (tertiary/aromatic N) is 1. The van der Waals surface area contributed by atoms with Gasteiger partial charge in [-0.25, -0.2) is 0 Å². The molecule has 0 radical (unpaired) electrons. The Balaban J connectivity index is 1.74. The summed E-state index contributed by atoms with van der Waals surface area (Å²) in [5, 5.41) is 0. The van der Waals surface area contributed by atoms with Crippen molar-refractivity contribution in [1.29, 1.82) is 0 Å². The van der Waals surface area contributed by atoms with Gasteiger partial charge in [0.1, 0.15) is 5.75 Å². The van der Waals surface area contributed by atoms with Crippen LogP contribution in [0.5, 0.6) is 5.75 Å². The molecule has 2 rings (SSSR count). The minimum Gasteiger partial charge on any atom is -0.497 e. The van der Waals surface area contributed by atoms with Crippen LogP contribution in [0.4, 0.5) is 0 Å². The molecule has 1 amide bonds. The van der Waals surface area contributed by atoms with Crippen LogP contribution in [0.2, 0.25) is 0 Å². The predicted molar refractivity (Wildman–Crippen MR) is 88.8 cm³/mol. The molecular weight excluding hydrogens is 274 g/mol. The van der Waals surface area contributed by atoms with Crippen LogP contribution in [0.15, 0.2) is 54.6 Å². The first kappa shape index (κ1) is 16.1. The molecule has 0 N–H and O–H groups in total. The van der Waals surface area contributed by atoms with E-state index in [1.165, 1.54) is 5.56 Å². The second kappa shape index (κ2) is 8.23. The van der Waals surface area contributed by atoms with Crippen molar-refractivity contribution in [2.24, 2.45) is 0 Å². The van der Waals surface area contributed by atoms with Crippen LogP contribution in [0.25, 0.3) is 0 Å². The van der Waals surface area contributed by atoms with Crippen LogP contribution in [0, 0.1) is 0 Å². The zero-order chi connectivity index (χ0) is 15.8. The summed E-state index contributed by atoms with van der Waals surface area (Å²) in [6.07, 6.45) is 2.36. The van der Waals surface area contributed by atoms with Gasteiger partial charge in [-0.05, 0) is 36.1 Å². The molecule has 3 heteroatoms. The summed E-state index contributed by atoms with van der Waals surface area (Å²) in [5.41, 5.74) is 2.40. The van der Waals surface area contributed by atoms with Gasteiger partial charge in [-0.15, -0.1) is 0 Å². The van der Waals surface area contributed by atoms with Gasteiger partial charge in [0.25, 0.3) is 0 Å². The lowest BCUT2D eigenvalue weighted by atomic mass is 10.1. The molecule has 0 fully saturated rings. The van der Waals surface area contributed by atoms with Crippen molar-refractivity contribution in [1.82, 2.24) is 4.90 Å². The van der Waals surface area contributed by atoms with E-state index in [0.29, 0.717) is 13.0 Å². The van der Waals surface area contributed by atoms with Crippen molar-refractivity contribution in [3.8, 4) is 5.75 Å². The summed E-state index contributed by atoms with van der Waals surface area (Å²) >= 11 is 0. The summed E-state index contributed by atoms with van der Waals surface area (Å²) in [6.45, 7) is 0.669. The highest BCUT2D eigenvalue weighted by Crippen LogP contribution is 2.13. The Morgan fingerprint density at radius 2 is 1.68 bits per heavy atom. The van der Waals surface area contributed by atoms with E-state index < -0.39 is 0 Å². The Bertz CT molecular complexity index is 578. The summed E-state index contributed by atoms with van der Waals surface area (Å²) in [5.74, 6) is 1.06. The lowest BCUT2D eigenvalue weighted by Crippen LogP contribution is -2.25. The van der Waals surface area contributed by atoms with Crippen molar-refractivity contribution in [3.05, 3.63) is 65.7 Å². The second-order valence-electron chi connectivity index (χ2n) is 5.44. The Hall–Kier alpha value is -2.29. The van der Waals surface area contributed by atoms with Crippen molar-refractivity contribution in [2.75, 3.05) is 14.2 Å². The minimum atomic E-state index is 0.192. The maximum atomic E-state index is 12.1. The van der Waals surface area contributed by atoms with Gasteiger partial charge in [0.2, 0.25) is 5.91 Å². The van der Waals surface area contributed by atoms with Crippen LogP contribution in [0.1, 0.15) is 24.0 Å². The fourth-order valence-corrected chi connectivity index (χ4v) is 2.37. The number of ether oxygens (including phenoxy) is 1. The number of hydrogen-bond donors (Lipinski definition) is 0. The molecule has 2 aromatic carbocycles. The second-order valence-corrected chi connectivity index (χ2v) is 5.44. The van der Waals surface area contributed by atoms with Crippen LogP contribution < -0.4 is 4.74 Å². The molecule has 116 valence electrons. The average Bonchev–Trinajstić information content (AvgIpc) is 2.56. The Labute approximate surface area is 132 Å². The molecule has 22 heavy (non-hydrogen) atoms. The van der Waals surface area contributed by atoms with E-state index >= 15 is 0 Å². The molecule has 0 heterocycles. The normalized spacial score (nSPS) is 10.3. The fourth-order valence-electron chi connectivity index (χ4n) is 2.37. The highest BCUT2D eigenvalue weighted by atomic mass is 16.5. The number of methoxy groups -OCH3 is 1. The molecule has 0 saturated carbocycles. The van der Waals surface area contributed by atoms with Crippen LogP contribution >= 0.6 is 0 Å². The standard InChI is InChI=1S/C19H23NO2/c1-20(15-17-7-4-3-5-8-17)19(21)10-6-9-16-11-13-18(22-2)14-12-16/h3-5,7-8,11-14H,6,9-10,15H2,1-2H3. The van der Waals surface area contributed by atoms with Crippen LogP contribution in [-0.4, -0.2) is 25.0 Å². The number of rotatable bonds is 7. The largest absolute Gasteiger partial charge is 0.497 e. The maximum absolute atomic E-state index is 12.1. The molecular formula is C19H23NO2. The third kappa shape index (κ3) is 4.92. The lowest BCUT2D eigenvalue weighted by molar-refractivity contribution is -0.130. The third-order valence-corrected chi connectivity index (χ3v) is 3.70. The van der Waals surface area contributed by atoms with E-state index in [1.54, 1.807) is 12.0 Å². The number of aryl methyl sites for hydroxylation is 1. The smallest absolute Gasteiger partial charge is 0.222 e. The van der Waals surface area contributed by atoms with Gasteiger partial charge < -0.3 is 9.64 Å². The fraction of sp³-hybridized carbons (Fsp3) is 0.316. The number of carbonyl (C=O) groups is 1. The summed E-state index contributed by atoms with van der Waals surface area (Å²) < 4.78 is 5.14. The highest BCUT2D eigenvalue weighted by Gasteiger charge is 2.08. The van der Waals surface area contributed by atoms with Crippen LogP contribution in [0.3, 0.4) is 0 Å².